The third kappa shape index (κ3) is 4.45. The summed E-state index contributed by atoms with van der Waals surface area (Å²) < 4.78 is 13.6. The highest BCUT2D eigenvalue weighted by molar-refractivity contribution is 5.77. The highest BCUT2D eigenvalue weighted by atomic mass is 19.1. The van der Waals surface area contributed by atoms with Gasteiger partial charge in [-0.05, 0) is 49.5 Å². The standard InChI is InChI=1S/C21H25FN2O/c22-19-9-5-4-6-17(19)10-13-24-20(25)16-21(11-14-23-15-12-21)18-7-2-1-3-8-18/h1-9,23H,10-16H2,(H,24,25). The second-order valence-corrected chi connectivity index (χ2v) is 6.76. The Bertz CT molecular complexity index is 696. The van der Waals surface area contributed by atoms with Crippen LogP contribution in [0, 0.1) is 5.82 Å². The quantitative estimate of drug-likeness (QED) is 0.848. The highest BCUT2D eigenvalue weighted by Gasteiger charge is 2.35. The molecule has 2 N–H and O–H groups in total. The molecule has 2 aromatic carbocycles. The van der Waals surface area contributed by atoms with Crippen LogP contribution in [0.4, 0.5) is 4.39 Å². The average Bonchev–Trinajstić information content (AvgIpc) is 2.65. The predicted octanol–water partition coefficient (Wildman–Crippen LogP) is 3.20. The number of carbonyl (C=O) groups is 1. The maximum Gasteiger partial charge on any atom is 0.220 e. The van der Waals surface area contributed by atoms with Crippen molar-refractivity contribution in [1.82, 2.24) is 10.6 Å². The van der Waals surface area contributed by atoms with E-state index >= 15 is 0 Å². The molecule has 0 atom stereocenters. The smallest absolute Gasteiger partial charge is 0.220 e. The van der Waals surface area contributed by atoms with Crippen LogP contribution in [-0.4, -0.2) is 25.5 Å². The van der Waals surface area contributed by atoms with E-state index in [1.807, 2.05) is 24.3 Å². The number of piperidine rings is 1. The van der Waals surface area contributed by atoms with E-state index in [2.05, 4.69) is 22.8 Å². The van der Waals surface area contributed by atoms with Crippen LogP contribution in [-0.2, 0) is 16.6 Å². The molecule has 1 fully saturated rings. The minimum atomic E-state index is -0.212. The lowest BCUT2D eigenvalue weighted by Crippen LogP contribution is -2.43. The lowest BCUT2D eigenvalue weighted by atomic mass is 9.70. The van der Waals surface area contributed by atoms with Gasteiger partial charge >= 0.3 is 0 Å². The zero-order chi connectivity index (χ0) is 17.5. The van der Waals surface area contributed by atoms with Crippen molar-refractivity contribution in [2.24, 2.45) is 0 Å². The van der Waals surface area contributed by atoms with Crippen LogP contribution in [0.3, 0.4) is 0 Å². The fourth-order valence-corrected chi connectivity index (χ4v) is 3.67. The summed E-state index contributed by atoms with van der Waals surface area (Å²) in [4.78, 5) is 12.5. The van der Waals surface area contributed by atoms with Gasteiger partial charge in [0, 0.05) is 18.4 Å². The van der Waals surface area contributed by atoms with Crippen molar-refractivity contribution in [1.29, 1.82) is 0 Å². The van der Waals surface area contributed by atoms with Gasteiger partial charge in [-0.15, -0.1) is 0 Å². The van der Waals surface area contributed by atoms with Crippen LogP contribution in [0.2, 0.25) is 0 Å². The number of benzene rings is 2. The second-order valence-electron chi connectivity index (χ2n) is 6.76. The number of hydrogen-bond acceptors (Lipinski definition) is 2. The summed E-state index contributed by atoms with van der Waals surface area (Å²) in [6, 6.07) is 17.0. The van der Waals surface area contributed by atoms with E-state index in [1.165, 1.54) is 11.6 Å². The van der Waals surface area contributed by atoms with Gasteiger partial charge in [-0.2, -0.15) is 0 Å². The van der Waals surface area contributed by atoms with Gasteiger partial charge in [-0.3, -0.25) is 4.79 Å². The Kier molecular flexibility index (Phi) is 5.82. The normalized spacial score (nSPS) is 16.4. The van der Waals surface area contributed by atoms with E-state index in [1.54, 1.807) is 12.1 Å². The van der Waals surface area contributed by atoms with Gasteiger partial charge in [-0.25, -0.2) is 4.39 Å². The SMILES string of the molecule is O=C(CC1(c2ccccc2)CCNCC1)NCCc1ccccc1F. The van der Waals surface area contributed by atoms with Gasteiger partial charge < -0.3 is 10.6 Å². The molecular weight excluding hydrogens is 315 g/mol. The summed E-state index contributed by atoms with van der Waals surface area (Å²) in [6.45, 7) is 2.32. The maximum atomic E-state index is 13.6. The molecule has 0 aliphatic carbocycles. The first-order chi connectivity index (χ1) is 12.2. The topological polar surface area (TPSA) is 41.1 Å². The Morgan fingerprint density at radius 2 is 1.72 bits per heavy atom. The number of amides is 1. The molecule has 4 heteroatoms. The summed E-state index contributed by atoms with van der Waals surface area (Å²) in [7, 11) is 0. The number of hydrogen-bond donors (Lipinski definition) is 2. The summed E-state index contributed by atoms with van der Waals surface area (Å²) in [5, 5.41) is 6.35. The summed E-state index contributed by atoms with van der Waals surface area (Å²) in [5.74, 6) is -0.169. The molecule has 1 amide bonds. The Hall–Kier alpha value is -2.20. The zero-order valence-corrected chi connectivity index (χ0v) is 14.4. The monoisotopic (exact) mass is 340 g/mol. The van der Waals surface area contributed by atoms with Crippen molar-refractivity contribution in [3.05, 3.63) is 71.5 Å². The van der Waals surface area contributed by atoms with Gasteiger partial charge in [-0.1, -0.05) is 48.5 Å². The molecule has 1 aliphatic heterocycles. The largest absolute Gasteiger partial charge is 0.356 e. The molecule has 2 aromatic rings. The first kappa shape index (κ1) is 17.6. The van der Waals surface area contributed by atoms with E-state index in [-0.39, 0.29) is 17.1 Å². The van der Waals surface area contributed by atoms with Crippen LogP contribution < -0.4 is 10.6 Å². The Morgan fingerprint density at radius 1 is 1.04 bits per heavy atom. The molecule has 1 aliphatic rings. The third-order valence-corrected chi connectivity index (χ3v) is 5.12. The first-order valence-corrected chi connectivity index (χ1v) is 8.96. The van der Waals surface area contributed by atoms with Crippen LogP contribution in [0.15, 0.2) is 54.6 Å². The van der Waals surface area contributed by atoms with Gasteiger partial charge in [0.15, 0.2) is 0 Å². The van der Waals surface area contributed by atoms with Crippen molar-refractivity contribution < 1.29 is 9.18 Å². The zero-order valence-electron chi connectivity index (χ0n) is 14.4. The van der Waals surface area contributed by atoms with Gasteiger partial charge in [0.25, 0.3) is 0 Å². The summed E-state index contributed by atoms with van der Waals surface area (Å²) in [5.41, 5.74) is 1.78. The molecule has 0 aromatic heterocycles. The van der Waals surface area contributed by atoms with Crippen LogP contribution in [0.1, 0.15) is 30.4 Å². The van der Waals surface area contributed by atoms with Gasteiger partial charge in [0.05, 0.1) is 0 Å². The van der Waals surface area contributed by atoms with Gasteiger partial charge in [0.1, 0.15) is 5.82 Å². The number of nitrogens with one attached hydrogen (secondary N) is 2. The molecule has 0 radical (unpaired) electrons. The fraction of sp³-hybridized carbons (Fsp3) is 0.381. The van der Waals surface area contributed by atoms with Crippen molar-refractivity contribution in [3.8, 4) is 0 Å². The van der Waals surface area contributed by atoms with Crippen LogP contribution in [0.5, 0.6) is 0 Å². The number of rotatable bonds is 6. The first-order valence-electron chi connectivity index (χ1n) is 8.96. The van der Waals surface area contributed by atoms with Gasteiger partial charge in [0.2, 0.25) is 5.91 Å². The van der Waals surface area contributed by atoms with E-state index < -0.39 is 0 Å². The average molecular weight is 340 g/mol. The van der Waals surface area contributed by atoms with E-state index in [9.17, 15) is 9.18 Å². The molecule has 3 rings (SSSR count). The molecule has 1 heterocycles. The molecular formula is C21H25FN2O. The molecule has 25 heavy (non-hydrogen) atoms. The minimum absolute atomic E-state index is 0.0436. The van der Waals surface area contributed by atoms with Crippen molar-refractivity contribution in [2.45, 2.75) is 31.1 Å². The predicted molar refractivity (Wildman–Crippen MR) is 98.0 cm³/mol. The maximum absolute atomic E-state index is 13.6. The van der Waals surface area contributed by atoms with E-state index in [4.69, 9.17) is 0 Å². The second kappa shape index (κ2) is 8.26. The van der Waals surface area contributed by atoms with E-state index in [0.29, 0.717) is 24.9 Å². The molecule has 0 saturated carbocycles. The molecule has 0 unspecified atom stereocenters. The Balaban J connectivity index is 1.60. The molecule has 1 saturated heterocycles. The Morgan fingerprint density at radius 3 is 2.44 bits per heavy atom. The molecule has 3 nitrogen and oxygen atoms in total. The third-order valence-electron chi connectivity index (χ3n) is 5.12. The lowest BCUT2D eigenvalue weighted by molar-refractivity contribution is -0.122. The van der Waals surface area contributed by atoms with Crippen molar-refractivity contribution in [2.75, 3.05) is 19.6 Å². The van der Waals surface area contributed by atoms with Crippen molar-refractivity contribution >= 4 is 5.91 Å². The lowest BCUT2D eigenvalue weighted by Gasteiger charge is -2.37. The van der Waals surface area contributed by atoms with E-state index in [0.717, 1.165) is 25.9 Å². The Labute approximate surface area is 148 Å². The molecule has 132 valence electrons. The van der Waals surface area contributed by atoms with Crippen LogP contribution in [0.25, 0.3) is 0 Å². The van der Waals surface area contributed by atoms with Crippen molar-refractivity contribution in [3.63, 3.8) is 0 Å². The number of carbonyl (C=O) groups excluding carboxylic acids is 1. The minimum Gasteiger partial charge on any atom is -0.356 e. The summed E-state index contributed by atoms with van der Waals surface area (Å²) >= 11 is 0. The van der Waals surface area contributed by atoms with Crippen LogP contribution >= 0.6 is 0 Å². The summed E-state index contributed by atoms with van der Waals surface area (Å²) in [6.07, 6.45) is 2.91. The molecule has 0 bridgehead atoms. The number of halogens is 1. The highest BCUT2D eigenvalue weighted by Crippen LogP contribution is 2.36. The molecule has 0 spiro atoms. The fourth-order valence-electron chi connectivity index (χ4n) is 3.67.